The molecular weight excluding hydrogens is 368 g/mol. The standard InChI is InChI=1S/C19H24N2O3S2/c1-4-16(14-10-12-15(13-11-14)26(3,22)23)20-19(25)21-17-8-6-7-9-18(17)24-5-2/h6-13,16H,4-5H2,1-3H3,(H2,20,21,25)/t16-/m1/s1. The highest BCUT2D eigenvalue weighted by Crippen LogP contribution is 2.24. The molecule has 140 valence electrons. The van der Waals surface area contributed by atoms with E-state index in [4.69, 9.17) is 17.0 Å². The van der Waals surface area contributed by atoms with Crippen LogP contribution in [-0.4, -0.2) is 26.4 Å². The Balaban J connectivity index is 2.09. The topological polar surface area (TPSA) is 67.4 Å². The van der Waals surface area contributed by atoms with Gasteiger partial charge in [-0.15, -0.1) is 0 Å². The summed E-state index contributed by atoms with van der Waals surface area (Å²) in [5.74, 6) is 0.740. The van der Waals surface area contributed by atoms with E-state index in [1.165, 1.54) is 6.26 Å². The third-order valence-electron chi connectivity index (χ3n) is 3.86. The third kappa shape index (κ3) is 5.44. The first kappa shape index (κ1) is 20.2. The van der Waals surface area contributed by atoms with Crippen molar-refractivity contribution in [3.05, 3.63) is 54.1 Å². The van der Waals surface area contributed by atoms with Crippen molar-refractivity contribution in [3.63, 3.8) is 0 Å². The number of nitrogens with one attached hydrogen (secondary N) is 2. The highest BCUT2D eigenvalue weighted by Gasteiger charge is 2.13. The molecule has 0 aromatic heterocycles. The van der Waals surface area contributed by atoms with Crippen molar-refractivity contribution in [3.8, 4) is 5.75 Å². The summed E-state index contributed by atoms with van der Waals surface area (Å²) in [4.78, 5) is 0.308. The molecule has 2 aromatic carbocycles. The lowest BCUT2D eigenvalue weighted by Crippen LogP contribution is -2.32. The molecule has 0 saturated carbocycles. The van der Waals surface area contributed by atoms with Gasteiger partial charge in [0.15, 0.2) is 14.9 Å². The zero-order valence-electron chi connectivity index (χ0n) is 15.2. The van der Waals surface area contributed by atoms with Crippen LogP contribution < -0.4 is 15.4 Å². The van der Waals surface area contributed by atoms with Gasteiger partial charge in [-0.05, 0) is 55.4 Å². The molecule has 2 rings (SSSR count). The fourth-order valence-corrected chi connectivity index (χ4v) is 3.42. The number of thiocarbonyl (C=S) groups is 1. The maximum Gasteiger partial charge on any atom is 0.175 e. The lowest BCUT2D eigenvalue weighted by Gasteiger charge is -2.21. The molecule has 2 N–H and O–H groups in total. The number of benzene rings is 2. The fourth-order valence-electron chi connectivity index (χ4n) is 2.54. The normalized spacial score (nSPS) is 12.3. The Bertz CT molecular complexity index is 849. The van der Waals surface area contributed by atoms with Gasteiger partial charge in [0, 0.05) is 6.26 Å². The lowest BCUT2D eigenvalue weighted by atomic mass is 10.1. The second kappa shape index (κ2) is 9.00. The van der Waals surface area contributed by atoms with Crippen molar-refractivity contribution < 1.29 is 13.2 Å². The van der Waals surface area contributed by atoms with Crippen LogP contribution in [0.3, 0.4) is 0 Å². The maximum absolute atomic E-state index is 11.6. The smallest absolute Gasteiger partial charge is 0.175 e. The molecule has 0 unspecified atom stereocenters. The number of hydrogen-bond donors (Lipinski definition) is 2. The van der Waals surface area contributed by atoms with E-state index in [0.29, 0.717) is 16.6 Å². The Morgan fingerprint density at radius 1 is 1.12 bits per heavy atom. The second-order valence-electron chi connectivity index (χ2n) is 5.83. The highest BCUT2D eigenvalue weighted by molar-refractivity contribution is 7.90. The predicted molar refractivity (Wildman–Crippen MR) is 110 cm³/mol. The van der Waals surface area contributed by atoms with Crippen LogP contribution in [0.25, 0.3) is 0 Å². The van der Waals surface area contributed by atoms with Gasteiger partial charge in [0.2, 0.25) is 0 Å². The molecule has 0 fully saturated rings. The van der Waals surface area contributed by atoms with Crippen LogP contribution in [0, 0.1) is 0 Å². The predicted octanol–water partition coefficient (Wildman–Crippen LogP) is 3.93. The van der Waals surface area contributed by atoms with Crippen LogP contribution in [0.2, 0.25) is 0 Å². The molecule has 5 nitrogen and oxygen atoms in total. The van der Waals surface area contributed by atoms with Gasteiger partial charge in [0.05, 0.1) is 23.2 Å². The first-order valence-corrected chi connectivity index (χ1v) is 10.7. The van der Waals surface area contributed by atoms with Crippen molar-refractivity contribution in [2.45, 2.75) is 31.2 Å². The number of rotatable bonds is 7. The summed E-state index contributed by atoms with van der Waals surface area (Å²) < 4.78 is 28.8. The Morgan fingerprint density at radius 2 is 1.77 bits per heavy atom. The molecule has 7 heteroatoms. The molecule has 1 atom stereocenters. The van der Waals surface area contributed by atoms with E-state index in [1.54, 1.807) is 12.1 Å². The number of para-hydroxylation sites is 2. The molecule has 26 heavy (non-hydrogen) atoms. The first-order valence-electron chi connectivity index (χ1n) is 8.44. The van der Waals surface area contributed by atoms with Crippen molar-refractivity contribution in [2.75, 3.05) is 18.2 Å². The van der Waals surface area contributed by atoms with Crippen LogP contribution in [0.4, 0.5) is 5.69 Å². The molecule has 0 heterocycles. The van der Waals surface area contributed by atoms with Gasteiger partial charge in [-0.25, -0.2) is 8.42 Å². The van der Waals surface area contributed by atoms with Gasteiger partial charge < -0.3 is 15.4 Å². The maximum atomic E-state index is 11.6. The van der Waals surface area contributed by atoms with Crippen LogP contribution in [0.5, 0.6) is 5.75 Å². The van der Waals surface area contributed by atoms with Crippen LogP contribution >= 0.6 is 12.2 Å². The van der Waals surface area contributed by atoms with Crippen LogP contribution in [0.15, 0.2) is 53.4 Å². The minimum absolute atomic E-state index is 0.0251. The molecule has 0 bridgehead atoms. The Morgan fingerprint density at radius 3 is 2.35 bits per heavy atom. The van der Waals surface area contributed by atoms with E-state index < -0.39 is 9.84 Å². The number of hydrogen-bond acceptors (Lipinski definition) is 4. The van der Waals surface area contributed by atoms with Crippen molar-refractivity contribution in [1.29, 1.82) is 0 Å². The van der Waals surface area contributed by atoms with E-state index in [-0.39, 0.29) is 6.04 Å². The van der Waals surface area contributed by atoms with Crippen molar-refractivity contribution in [1.82, 2.24) is 5.32 Å². The molecule has 2 aromatic rings. The summed E-state index contributed by atoms with van der Waals surface area (Å²) in [7, 11) is -3.20. The monoisotopic (exact) mass is 392 g/mol. The zero-order chi connectivity index (χ0) is 19.2. The third-order valence-corrected chi connectivity index (χ3v) is 5.21. The minimum atomic E-state index is -3.20. The van der Waals surface area contributed by atoms with E-state index in [1.807, 2.05) is 50.2 Å². The average molecular weight is 393 g/mol. The molecular formula is C19H24N2O3S2. The summed E-state index contributed by atoms with van der Waals surface area (Å²) in [6, 6.07) is 14.5. The molecule has 0 amide bonds. The van der Waals surface area contributed by atoms with Gasteiger partial charge in [0.1, 0.15) is 5.75 Å². The molecule has 0 aliphatic heterocycles. The second-order valence-corrected chi connectivity index (χ2v) is 8.25. The highest BCUT2D eigenvalue weighted by atomic mass is 32.2. The number of ether oxygens (including phenoxy) is 1. The fraction of sp³-hybridized carbons (Fsp3) is 0.316. The summed E-state index contributed by atoms with van der Waals surface area (Å²) >= 11 is 5.43. The summed E-state index contributed by atoms with van der Waals surface area (Å²) in [5.41, 5.74) is 1.77. The average Bonchev–Trinajstić information content (AvgIpc) is 2.61. The Labute approximate surface area is 160 Å². The minimum Gasteiger partial charge on any atom is -0.492 e. The molecule has 0 radical (unpaired) electrons. The molecule has 0 spiro atoms. The zero-order valence-corrected chi connectivity index (χ0v) is 16.8. The number of anilines is 1. The Kier molecular flexibility index (Phi) is 6.99. The van der Waals surface area contributed by atoms with Gasteiger partial charge in [-0.1, -0.05) is 31.2 Å². The van der Waals surface area contributed by atoms with Crippen LogP contribution in [-0.2, 0) is 9.84 Å². The molecule has 0 saturated heterocycles. The van der Waals surface area contributed by atoms with Crippen molar-refractivity contribution in [2.24, 2.45) is 0 Å². The number of sulfone groups is 1. The van der Waals surface area contributed by atoms with Gasteiger partial charge in [-0.2, -0.15) is 0 Å². The van der Waals surface area contributed by atoms with E-state index in [0.717, 1.165) is 23.4 Å². The van der Waals surface area contributed by atoms with E-state index in [9.17, 15) is 8.42 Å². The first-order chi connectivity index (χ1) is 12.3. The van der Waals surface area contributed by atoms with Gasteiger partial charge >= 0.3 is 0 Å². The quantitative estimate of drug-likeness (QED) is 0.696. The van der Waals surface area contributed by atoms with Crippen LogP contribution in [0.1, 0.15) is 31.9 Å². The largest absolute Gasteiger partial charge is 0.492 e. The summed E-state index contributed by atoms with van der Waals surface area (Å²) in [6.45, 7) is 4.54. The SMILES string of the molecule is CCOc1ccccc1NC(=S)N[C@H](CC)c1ccc(S(C)(=O)=O)cc1. The Hall–Kier alpha value is -2.12. The van der Waals surface area contributed by atoms with Gasteiger partial charge in [-0.3, -0.25) is 0 Å². The summed E-state index contributed by atoms with van der Waals surface area (Å²) in [6.07, 6.45) is 2.00. The van der Waals surface area contributed by atoms with E-state index >= 15 is 0 Å². The molecule has 0 aliphatic carbocycles. The van der Waals surface area contributed by atoms with E-state index in [2.05, 4.69) is 10.6 Å². The lowest BCUT2D eigenvalue weighted by molar-refractivity contribution is 0.342. The molecule has 0 aliphatic rings. The van der Waals surface area contributed by atoms with Gasteiger partial charge in [0.25, 0.3) is 0 Å². The van der Waals surface area contributed by atoms with Crippen molar-refractivity contribution >= 4 is 32.9 Å². The summed E-state index contributed by atoms with van der Waals surface area (Å²) in [5, 5.41) is 6.92.